The second-order valence-corrected chi connectivity index (χ2v) is 5.51. The van der Waals surface area contributed by atoms with Crippen LogP contribution in [-0.2, 0) is 0 Å². The summed E-state index contributed by atoms with van der Waals surface area (Å²) in [7, 11) is 2.05. The summed E-state index contributed by atoms with van der Waals surface area (Å²) in [5.74, 6) is 1.50. The lowest BCUT2D eigenvalue weighted by Gasteiger charge is -2.18. The van der Waals surface area contributed by atoms with Crippen molar-refractivity contribution < 1.29 is 0 Å². The van der Waals surface area contributed by atoms with Gasteiger partial charge in [-0.15, -0.1) is 0 Å². The number of halogens is 1. The highest BCUT2D eigenvalue weighted by atomic mass is 35.5. The van der Waals surface area contributed by atoms with Crippen LogP contribution in [0.3, 0.4) is 0 Å². The normalized spacial score (nSPS) is 10.5. The van der Waals surface area contributed by atoms with Crippen molar-refractivity contribution in [1.29, 1.82) is 0 Å². The van der Waals surface area contributed by atoms with Crippen molar-refractivity contribution in [3.8, 4) is 0 Å². The number of benzene rings is 1. The third-order valence-electron chi connectivity index (χ3n) is 3.31. The number of rotatable bonds is 6. The molecule has 112 valence electrons. The Kier molecular flexibility index (Phi) is 5.39. The van der Waals surface area contributed by atoms with Crippen LogP contribution >= 0.6 is 11.6 Å². The lowest BCUT2D eigenvalue weighted by Crippen LogP contribution is -2.19. The van der Waals surface area contributed by atoms with Crippen LogP contribution in [-0.4, -0.2) is 23.6 Å². The van der Waals surface area contributed by atoms with Gasteiger partial charge in [0.15, 0.2) is 0 Å². The van der Waals surface area contributed by atoms with Gasteiger partial charge in [0.2, 0.25) is 5.95 Å². The highest BCUT2D eigenvalue weighted by molar-refractivity contribution is 6.31. The highest BCUT2D eigenvalue weighted by Gasteiger charge is 2.05. The van der Waals surface area contributed by atoms with E-state index in [0.717, 1.165) is 35.1 Å². The minimum atomic E-state index is 0.579. The minimum Gasteiger partial charge on any atom is -0.360 e. The van der Waals surface area contributed by atoms with E-state index in [-0.39, 0.29) is 0 Å². The molecule has 0 spiro atoms. The molecule has 0 saturated carbocycles. The van der Waals surface area contributed by atoms with Crippen molar-refractivity contribution in [2.75, 3.05) is 23.8 Å². The molecule has 0 aliphatic carbocycles. The molecule has 21 heavy (non-hydrogen) atoms. The van der Waals surface area contributed by atoms with Crippen molar-refractivity contribution >= 4 is 29.1 Å². The van der Waals surface area contributed by atoms with E-state index in [1.807, 2.05) is 38.2 Å². The Labute approximate surface area is 131 Å². The van der Waals surface area contributed by atoms with Gasteiger partial charge < -0.3 is 10.2 Å². The number of unbranched alkanes of at least 4 members (excludes halogenated alkanes) is 1. The van der Waals surface area contributed by atoms with Crippen molar-refractivity contribution in [2.45, 2.75) is 26.7 Å². The topological polar surface area (TPSA) is 41.1 Å². The number of hydrogen-bond acceptors (Lipinski definition) is 4. The van der Waals surface area contributed by atoms with Gasteiger partial charge in [0.05, 0.1) is 0 Å². The van der Waals surface area contributed by atoms with E-state index in [9.17, 15) is 0 Å². The molecular weight excluding hydrogens is 284 g/mol. The van der Waals surface area contributed by atoms with E-state index >= 15 is 0 Å². The Morgan fingerprint density at radius 2 is 2.10 bits per heavy atom. The Bertz CT molecular complexity index is 601. The molecule has 0 fully saturated rings. The van der Waals surface area contributed by atoms with Gasteiger partial charge in [-0.05, 0) is 37.1 Å². The van der Waals surface area contributed by atoms with E-state index < -0.39 is 0 Å². The molecule has 2 aromatic rings. The van der Waals surface area contributed by atoms with Crippen molar-refractivity contribution in [1.82, 2.24) is 9.97 Å². The van der Waals surface area contributed by atoms with Crippen LogP contribution in [0.15, 0.2) is 30.5 Å². The first-order chi connectivity index (χ1) is 10.1. The van der Waals surface area contributed by atoms with Crippen LogP contribution in [0.5, 0.6) is 0 Å². The fraction of sp³-hybridized carbons (Fsp3) is 0.375. The van der Waals surface area contributed by atoms with Gasteiger partial charge in [-0.25, -0.2) is 4.98 Å². The van der Waals surface area contributed by atoms with Gasteiger partial charge in [0.1, 0.15) is 5.82 Å². The molecule has 0 bridgehead atoms. The van der Waals surface area contributed by atoms with Gasteiger partial charge in [0, 0.05) is 30.5 Å². The van der Waals surface area contributed by atoms with Crippen LogP contribution in [0.2, 0.25) is 5.02 Å². The number of nitrogens with one attached hydrogen (secondary N) is 1. The molecule has 1 aromatic heterocycles. The van der Waals surface area contributed by atoms with Crippen LogP contribution < -0.4 is 10.2 Å². The fourth-order valence-corrected chi connectivity index (χ4v) is 2.11. The zero-order chi connectivity index (χ0) is 15.2. The van der Waals surface area contributed by atoms with E-state index in [1.165, 1.54) is 6.42 Å². The Hall–Kier alpha value is -1.81. The molecular formula is C16H21ClN4. The molecule has 0 atom stereocenters. The third-order valence-corrected chi connectivity index (χ3v) is 3.71. The maximum absolute atomic E-state index is 6.13. The molecule has 0 saturated heterocycles. The average Bonchev–Trinajstić information content (AvgIpc) is 2.49. The minimum absolute atomic E-state index is 0.579. The molecule has 1 heterocycles. The Morgan fingerprint density at radius 3 is 2.81 bits per heavy atom. The maximum Gasteiger partial charge on any atom is 0.229 e. The van der Waals surface area contributed by atoms with E-state index in [2.05, 4.69) is 27.1 Å². The molecule has 1 aromatic carbocycles. The Morgan fingerprint density at radius 1 is 1.29 bits per heavy atom. The molecule has 5 heteroatoms. The largest absolute Gasteiger partial charge is 0.360 e. The first-order valence-corrected chi connectivity index (χ1v) is 7.55. The van der Waals surface area contributed by atoms with Gasteiger partial charge in [-0.2, -0.15) is 4.98 Å². The summed E-state index contributed by atoms with van der Waals surface area (Å²) in [4.78, 5) is 10.9. The van der Waals surface area contributed by atoms with Crippen molar-refractivity contribution in [2.24, 2.45) is 0 Å². The van der Waals surface area contributed by atoms with E-state index in [0.29, 0.717) is 5.95 Å². The summed E-state index contributed by atoms with van der Waals surface area (Å²) in [5, 5.41) is 3.92. The molecule has 1 N–H and O–H groups in total. The summed E-state index contributed by atoms with van der Waals surface area (Å²) >= 11 is 6.13. The first kappa shape index (κ1) is 15.6. The third kappa shape index (κ3) is 4.33. The second-order valence-electron chi connectivity index (χ2n) is 5.10. The SMILES string of the molecule is CCCCN(C)c1ccnc(Nc2ccc(C)c(Cl)c2)n1. The number of hydrogen-bond donors (Lipinski definition) is 1. The van der Waals surface area contributed by atoms with Gasteiger partial charge in [-0.3, -0.25) is 0 Å². The smallest absolute Gasteiger partial charge is 0.229 e. The van der Waals surface area contributed by atoms with Crippen LogP contribution in [0, 0.1) is 6.92 Å². The molecule has 4 nitrogen and oxygen atoms in total. The van der Waals surface area contributed by atoms with Gasteiger partial charge >= 0.3 is 0 Å². The number of nitrogens with zero attached hydrogens (tertiary/aromatic N) is 3. The quantitative estimate of drug-likeness (QED) is 0.858. The molecule has 0 amide bonds. The fourth-order valence-electron chi connectivity index (χ4n) is 1.93. The summed E-state index contributed by atoms with van der Waals surface area (Å²) in [5.41, 5.74) is 1.94. The monoisotopic (exact) mass is 304 g/mol. The molecule has 0 aliphatic rings. The summed E-state index contributed by atoms with van der Waals surface area (Å²) in [6.07, 6.45) is 4.09. The molecule has 2 rings (SSSR count). The molecule has 0 aliphatic heterocycles. The summed E-state index contributed by atoms with van der Waals surface area (Å²) < 4.78 is 0. The number of anilines is 3. The van der Waals surface area contributed by atoms with Crippen LogP contribution in [0.25, 0.3) is 0 Å². The van der Waals surface area contributed by atoms with E-state index in [1.54, 1.807) is 6.20 Å². The second kappa shape index (κ2) is 7.27. The van der Waals surface area contributed by atoms with Crippen LogP contribution in [0.4, 0.5) is 17.5 Å². The molecule has 0 unspecified atom stereocenters. The predicted octanol–water partition coefficient (Wildman–Crippen LogP) is 4.42. The van der Waals surface area contributed by atoms with Gasteiger partial charge in [-0.1, -0.05) is 31.0 Å². The number of aryl methyl sites for hydroxylation is 1. The molecule has 0 radical (unpaired) electrons. The van der Waals surface area contributed by atoms with Crippen LogP contribution in [0.1, 0.15) is 25.3 Å². The maximum atomic E-state index is 6.13. The zero-order valence-electron chi connectivity index (χ0n) is 12.7. The highest BCUT2D eigenvalue weighted by Crippen LogP contribution is 2.22. The average molecular weight is 305 g/mol. The van der Waals surface area contributed by atoms with Gasteiger partial charge in [0.25, 0.3) is 0 Å². The summed E-state index contributed by atoms with van der Waals surface area (Å²) in [6.45, 7) is 5.15. The van der Waals surface area contributed by atoms with Crippen molar-refractivity contribution in [3.05, 3.63) is 41.0 Å². The zero-order valence-corrected chi connectivity index (χ0v) is 13.5. The van der Waals surface area contributed by atoms with E-state index in [4.69, 9.17) is 11.6 Å². The standard InChI is InChI=1S/C16H21ClN4/c1-4-5-10-21(3)15-8-9-18-16(20-15)19-13-7-6-12(2)14(17)11-13/h6-9,11H,4-5,10H2,1-3H3,(H,18,19,20). The Balaban J connectivity index is 2.11. The first-order valence-electron chi connectivity index (χ1n) is 7.17. The predicted molar refractivity (Wildman–Crippen MR) is 89.7 cm³/mol. The lowest BCUT2D eigenvalue weighted by molar-refractivity contribution is 0.759. The number of aromatic nitrogens is 2. The van der Waals surface area contributed by atoms with Crippen molar-refractivity contribution in [3.63, 3.8) is 0 Å². The lowest BCUT2D eigenvalue weighted by atomic mass is 10.2. The summed E-state index contributed by atoms with van der Waals surface area (Å²) in [6, 6.07) is 7.75.